The number of fused-ring (bicyclic) bond motifs is 1. The Bertz CT molecular complexity index is 1290. The van der Waals surface area contributed by atoms with Gasteiger partial charge in [-0.15, -0.1) is 13.2 Å². The molecule has 0 fully saturated rings. The summed E-state index contributed by atoms with van der Waals surface area (Å²) in [5, 5.41) is 9.65. The summed E-state index contributed by atoms with van der Waals surface area (Å²) in [7, 11) is 1.51. The normalized spacial score (nSPS) is 15.7. The molecule has 1 unspecified atom stereocenters. The van der Waals surface area contributed by atoms with Crippen LogP contribution in [0.4, 0.5) is 23.7 Å². The zero-order chi connectivity index (χ0) is 25.7. The quantitative estimate of drug-likeness (QED) is 0.437. The van der Waals surface area contributed by atoms with Crippen molar-refractivity contribution in [2.24, 2.45) is 5.10 Å². The van der Waals surface area contributed by atoms with E-state index in [9.17, 15) is 22.8 Å². The minimum Gasteiger partial charge on any atom is -0.497 e. The van der Waals surface area contributed by atoms with Crippen molar-refractivity contribution in [1.29, 1.82) is 0 Å². The maximum atomic E-state index is 12.9. The van der Waals surface area contributed by atoms with Crippen molar-refractivity contribution >= 4 is 23.3 Å². The molecule has 1 aliphatic carbocycles. The number of hydrogen-bond donors (Lipinski definition) is 3. The fourth-order valence-corrected chi connectivity index (χ4v) is 3.73. The van der Waals surface area contributed by atoms with Crippen molar-refractivity contribution < 1.29 is 32.2 Å². The maximum absolute atomic E-state index is 12.9. The van der Waals surface area contributed by atoms with Crippen LogP contribution in [0, 0.1) is 0 Å². The number of hydrogen-bond acceptors (Lipinski definition) is 5. The number of hydrazone groups is 1. The molecule has 3 aromatic carbocycles. The van der Waals surface area contributed by atoms with E-state index in [1.807, 2.05) is 24.3 Å². The number of benzene rings is 3. The molecule has 186 valence electrons. The molecule has 8 nitrogen and oxygen atoms in total. The minimum absolute atomic E-state index is 0.233. The molecular formula is C25H21F3N4O4. The molecule has 3 N–H and O–H groups in total. The van der Waals surface area contributed by atoms with E-state index in [1.165, 1.54) is 19.2 Å². The number of anilines is 1. The molecule has 0 bridgehead atoms. The van der Waals surface area contributed by atoms with Crippen molar-refractivity contribution in [3.8, 4) is 11.5 Å². The lowest BCUT2D eigenvalue weighted by Gasteiger charge is -2.15. The molecule has 4 rings (SSSR count). The van der Waals surface area contributed by atoms with Gasteiger partial charge >= 0.3 is 12.4 Å². The molecule has 11 heteroatoms. The number of alkyl halides is 3. The highest BCUT2D eigenvalue weighted by Gasteiger charge is 2.31. The van der Waals surface area contributed by atoms with E-state index in [0.29, 0.717) is 23.4 Å². The van der Waals surface area contributed by atoms with Crippen LogP contribution in [0.1, 0.15) is 21.5 Å². The van der Waals surface area contributed by atoms with Crippen LogP contribution < -0.4 is 25.5 Å². The molecular weight excluding hydrogens is 477 g/mol. The van der Waals surface area contributed by atoms with Gasteiger partial charge in [0.1, 0.15) is 11.5 Å². The fourth-order valence-electron chi connectivity index (χ4n) is 3.73. The van der Waals surface area contributed by atoms with Crippen LogP contribution in [0.15, 0.2) is 77.9 Å². The first-order chi connectivity index (χ1) is 17.2. The van der Waals surface area contributed by atoms with E-state index in [0.717, 1.165) is 23.3 Å². The van der Waals surface area contributed by atoms with Gasteiger partial charge in [-0.1, -0.05) is 30.3 Å². The van der Waals surface area contributed by atoms with E-state index in [4.69, 9.17) is 4.74 Å². The number of rotatable bonds is 6. The number of urea groups is 1. The van der Waals surface area contributed by atoms with Gasteiger partial charge in [0.25, 0.3) is 5.91 Å². The first-order valence-electron chi connectivity index (χ1n) is 10.8. The monoisotopic (exact) mass is 498 g/mol. The van der Waals surface area contributed by atoms with E-state index in [-0.39, 0.29) is 11.6 Å². The largest absolute Gasteiger partial charge is 0.573 e. The van der Waals surface area contributed by atoms with Gasteiger partial charge in [0.2, 0.25) is 0 Å². The Morgan fingerprint density at radius 2 is 1.72 bits per heavy atom. The molecule has 0 saturated carbocycles. The number of carbonyl (C=O) groups is 2. The lowest BCUT2D eigenvalue weighted by Crippen LogP contribution is -2.40. The summed E-state index contributed by atoms with van der Waals surface area (Å²) in [6.07, 6.45) is -4.33. The van der Waals surface area contributed by atoms with Crippen molar-refractivity contribution in [2.45, 2.75) is 18.8 Å². The maximum Gasteiger partial charge on any atom is 0.573 e. The van der Waals surface area contributed by atoms with E-state index in [1.54, 1.807) is 24.3 Å². The standard InChI is InChI=1S/C25H21F3N4O4/c1-35-19-7-4-6-16(13-19)23(33)30-21-14-15-5-2-3-8-20(15)22(21)31-32-24(34)29-17-9-11-18(12-10-17)36-25(26,27)28/h2-13,21H,14H2,1H3,(H,30,33)(H2,29,32,34)/b31-22+. The number of nitrogens with one attached hydrogen (secondary N) is 3. The number of amides is 3. The highest BCUT2D eigenvalue weighted by Crippen LogP contribution is 2.25. The smallest absolute Gasteiger partial charge is 0.497 e. The van der Waals surface area contributed by atoms with Crippen LogP contribution in [-0.2, 0) is 6.42 Å². The molecule has 0 radical (unpaired) electrons. The summed E-state index contributed by atoms with van der Waals surface area (Å²) in [6.45, 7) is 0. The first kappa shape index (κ1) is 24.6. The fraction of sp³-hybridized carbons (Fsp3) is 0.160. The average molecular weight is 498 g/mol. The summed E-state index contributed by atoms with van der Waals surface area (Å²) >= 11 is 0. The molecule has 3 aromatic rings. The van der Waals surface area contributed by atoms with Gasteiger partial charge in [0.15, 0.2) is 0 Å². The van der Waals surface area contributed by atoms with Gasteiger partial charge in [-0.05, 0) is 54.4 Å². The summed E-state index contributed by atoms with van der Waals surface area (Å²) < 4.78 is 45.9. The van der Waals surface area contributed by atoms with Crippen molar-refractivity contribution in [3.05, 3.63) is 89.5 Å². The van der Waals surface area contributed by atoms with E-state index in [2.05, 4.69) is 25.9 Å². The third kappa shape index (κ3) is 6.12. The lowest BCUT2D eigenvalue weighted by molar-refractivity contribution is -0.274. The molecule has 0 heterocycles. The molecule has 3 amide bonds. The highest BCUT2D eigenvalue weighted by atomic mass is 19.4. The number of nitrogens with zero attached hydrogens (tertiary/aromatic N) is 1. The highest BCUT2D eigenvalue weighted by molar-refractivity contribution is 6.11. The second-order valence-corrected chi connectivity index (χ2v) is 7.75. The zero-order valence-corrected chi connectivity index (χ0v) is 18.9. The van der Waals surface area contributed by atoms with Crippen molar-refractivity contribution in [2.75, 3.05) is 12.4 Å². The third-order valence-electron chi connectivity index (χ3n) is 5.31. The predicted octanol–water partition coefficient (Wildman–Crippen LogP) is 4.47. The van der Waals surface area contributed by atoms with Crippen LogP contribution in [0.5, 0.6) is 11.5 Å². The Hall–Kier alpha value is -4.54. The molecule has 0 spiro atoms. The number of carbonyl (C=O) groups excluding carboxylic acids is 2. The van der Waals surface area contributed by atoms with Crippen LogP contribution in [0.2, 0.25) is 0 Å². The van der Waals surface area contributed by atoms with E-state index >= 15 is 0 Å². The van der Waals surface area contributed by atoms with Gasteiger partial charge < -0.3 is 20.1 Å². The Balaban J connectivity index is 1.45. The summed E-state index contributed by atoms with van der Waals surface area (Å²) in [4.78, 5) is 25.2. The first-order valence-corrected chi connectivity index (χ1v) is 10.8. The molecule has 36 heavy (non-hydrogen) atoms. The lowest BCUT2D eigenvalue weighted by atomic mass is 10.1. The van der Waals surface area contributed by atoms with Gasteiger partial charge in [0.05, 0.1) is 18.9 Å². The van der Waals surface area contributed by atoms with Crippen LogP contribution in [0.25, 0.3) is 0 Å². The molecule has 1 aliphatic rings. The summed E-state index contributed by atoms with van der Waals surface area (Å²) in [6, 6.07) is 17.6. The second-order valence-electron chi connectivity index (χ2n) is 7.75. The van der Waals surface area contributed by atoms with Gasteiger partial charge in [-0.25, -0.2) is 10.2 Å². The summed E-state index contributed by atoms with van der Waals surface area (Å²) in [5.74, 6) is -0.196. The topological polar surface area (TPSA) is 101 Å². The van der Waals surface area contributed by atoms with Crippen LogP contribution >= 0.6 is 0 Å². The van der Waals surface area contributed by atoms with E-state index < -0.39 is 24.2 Å². The Labute approximate surface area is 204 Å². The average Bonchev–Trinajstić information content (AvgIpc) is 3.20. The molecule has 0 aromatic heterocycles. The van der Waals surface area contributed by atoms with Crippen molar-refractivity contribution in [3.63, 3.8) is 0 Å². The van der Waals surface area contributed by atoms with Crippen molar-refractivity contribution in [1.82, 2.24) is 10.7 Å². The zero-order valence-electron chi connectivity index (χ0n) is 18.9. The minimum atomic E-state index is -4.81. The van der Waals surface area contributed by atoms with Gasteiger partial charge in [-0.2, -0.15) is 5.10 Å². The predicted molar refractivity (Wildman–Crippen MR) is 126 cm³/mol. The third-order valence-corrected chi connectivity index (χ3v) is 5.31. The second kappa shape index (κ2) is 10.4. The van der Waals surface area contributed by atoms with Gasteiger partial charge in [0, 0.05) is 16.8 Å². The molecule has 0 saturated heterocycles. The van der Waals surface area contributed by atoms with Crippen LogP contribution in [-0.4, -0.2) is 37.2 Å². The van der Waals surface area contributed by atoms with Crippen LogP contribution in [0.3, 0.4) is 0 Å². The Morgan fingerprint density at radius 1 is 0.972 bits per heavy atom. The Morgan fingerprint density at radius 3 is 2.44 bits per heavy atom. The Kier molecular flexibility index (Phi) is 7.09. The molecule has 0 aliphatic heterocycles. The SMILES string of the molecule is COc1cccc(C(=O)NC2Cc3ccccc3/C2=N\NC(=O)Nc2ccc(OC(F)(F)F)cc2)c1. The number of halogens is 3. The molecule has 1 atom stereocenters. The number of methoxy groups -OCH3 is 1. The number of ether oxygens (including phenoxy) is 2. The van der Waals surface area contributed by atoms with Gasteiger partial charge in [-0.3, -0.25) is 4.79 Å². The summed E-state index contributed by atoms with van der Waals surface area (Å²) in [5.41, 5.74) is 5.22.